The summed E-state index contributed by atoms with van der Waals surface area (Å²) in [5.74, 6) is 0.239. The number of hydrogen-bond acceptors (Lipinski definition) is 6. The maximum atomic E-state index is 12.9. The Bertz CT molecular complexity index is 978. The lowest BCUT2D eigenvalue weighted by Gasteiger charge is -2.19. The van der Waals surface area contributed by atoms with Crippen LogP contribution in [0.15, 0.2) is 46.3 Å². The average Bonchev–Trinajstić information content (AvgIpc) is 2.67. The Morgan fingerprint density at radius 1 is 1.04 bits per heavy atom. The van der Waals surface area contributed by atoms with Crippen LogP contribution in [-0.4, -0.2) is 39.9 Å². The standard InChI is InChI=1S/C19H19NO5S/c1-4-12-5-7-13(8-6-12)26(22,23)18-11-20-15-10-17(25-3)16(24-2)9-14(15)19(18)21/h5-11,18H,4H2,1-3H3. The maximum Gasteiger partial charge on any atom is 0.193 e. The van der Waals surface area contributed by atoms with E-state index in [1.165, 1.54) is 38.6 Å². The molecule has 1 aliphatic heterocycles. The largest absolute Gasteiger partial charge is 0.493 e. The van der Waals surface area contributed by atoms with Gasteiger partial charge in [-0.25, -0.2) is 8.42 Å². The molecule has 1 heterocycles. The Morgan fingerprint density at radius 2 is 1.65 bits per heavy atom. The van der Waals surface area contributed by atoms with Crippen LogP contribution in [-0.2, 0) is 16.3 Å². The van der Waals surface area contributed by atoms with Crippen molar-refractivity contribution in [1.82, 2.24) is 0 Å². The minimum Gasteiger partial charge on any atom is -0.493 e. The molecule has 1 aliphatic rings. The number of aryl methyl sites for hydroxylation is 1. The Balaban J connectivity index is 2.03. The number of hydrogen-bond donors (Lipinski definition) is 0. The minimum atomic E-state index is -3.89. The van der Waals surface area contributed by atoms with Gasteiger partial charge in [-0.15, -0.1) is 0 Å². The van der Waals surface area contributed by atoms with Crippen molar-refractivity contribution in [3.63, 3.8) is 0 Å². The fourth-order valence-electron chi connectivity index (χ4n) is 2.82. The fraction of sp³-hybridized carbons (Fsp3) is 0.263. The number of rotatable bonds is 5. The number of nitrogens with zero attached hydrogens (tertiary/aromatic N) is 1. The number of Topliss-reactive ketones (excluding diaryl/α,β-unsaturated/α-hetero) is 1. The van der Waals surface area contributed by atoms with Crippen LogP contribution in [0.5, 0.6) is 11.5 Å². The third-order valence-corrected chi connectivity index (χ3v) is 6.30. The molecule has 0 amide bonds. The van der Waals surface area contributed by atoms with Gasteiger partial charge in [-0.1, -0.05) is 19.1 Å². The van der Waals surface area contributed by atoms with Gasteiger partial charge in [-0.2, -0.15) is 0 Å². The van der Waals surface area contributed by atoms with Crippen molar-refractivity contribution in [2.45, 2.75) is 23.5 Å². The average molecular weight is 373 g/mol. The van der Waals surface area contributed by atoms with E-state index in [-0.39, 0.29) is 10.5 Å². The van der Waals surface area contributed by atoms with Crippen LogP contribution in [0.1, 0.15) is 22.8 Å². The van der Waals surface area contributed by atoms with Gasteiger partial charge in [0.15, 0.2) is 32.4 Å². The summed E-state index contributed by atoms with van der Waals surface area (Å²) in [4.78, 5) is 17.1. The molecule has 0 fully saturated rings. The van der Waals surface area contributed by atoms with E-state index in [1.807, 2.05) is 6.92 Å². The number of ketones is 1. The highest BCUT2D eigenvalue weighted by Crippen LogP contribution is 2.38. The van der Waals surface area contributed by atoms with E-state index in [4.69, 9.17) is 9.47 Å². The molecule has 6 nitrogen and oxygen atoms in total. The maximum absolute atomic E-state index is 12.9. The molecule has 0 radical (unpaired) electrons. The van der Waals surface area contributed by atoms with E-state index >= 15 is 0 Å². The van der Waals surface area contributed by atoms with Gasteiger partial charge >= 0.3 is 0 Å². The second-order valence-electron chi connectivity index (χ2n) is 5.83. The molecule has 0 N–H and O–H groups in total. The summed E-state index contributed by atoms with van der Waals surface area (Å²) in [6, 6.07) is 9.58. The van der Waals surface area contributed by atoms with Crippen molar-refractivity contribution in [2.75, 3.05) is 14.2 Å². The molecule has 0 aromatic heterocycles. The Hall–Kier alpha value is -2.67. The first kappa shape index (κ1) is 18.1. The zero-order valence-electron chi connectivity index (χ0n) is 14.7. The van der Waals surface area contributed by atoms with Gasteiger partial charge < -0.3 is 9.47 Å². The lowest BCUT2D eigenvalue weighted by atomic mass is 10.0. The molecule has 136 valence electrons. The molecule has 0 bridgehead atoms. The second kappa shape index (κ2) is 6.92. The van der Waals surface area contributed by atoms with Crippen molar-refractivity contribution < 1.29 is 22.7 Å². The van der Waals surface area contributed by atoms with Crippen LogP contribution in [0, 0.1) is 0 Å². The van der Waals surface area contributed by atoms with Gasteiger partial charge in [-0.3, -0.25) is 9.79 Å². The van der Waals surface area contributed by atoms with Gasteiger partial charge in [0.25, 0.3) is 0 Å². The molecule has 3 rings (SSSR count). The van der Waals surface area contributed by atoms with Gasteiger partial charge in [0.2, 0.25) is 0 Å². The summed E-state index contributed by atoms with van der Waals surface area (Å²) in [5.41, 5.74) is 1.58. The highest BCUT2D eigenvalue weighted by Gasteiger charge is 2.37. The number of fused-ring (bicyclic) bond motifs is 1. The van der Waals surface area contributed by atoms with E-state index in [1.54, 1.807) is 18.2 Å². The summed E-state index contributed by atoms with van der Waals surface area (Å²) < 4.78 is 36.2. The lowest BCUT2D eigenvalue weighted by molar-refractivity contribution is 0.100. The first-order valence-electron chi connectivity index (χ1n) is 8.09. The fourth-order valence-corrected chi connectivity index (χ4v) is 4.26. The number of aliphatic imine (C=N–C) groups is 1. The van der Waals surface area contributed by atoms with E-state index in [0.29, 0.717) is 17.2 Å². The summed E-state index contributed by atoms with van der Waals surface area (Å²) in [5, 5.41) is -1.36. The third kappa shape index (κ3) is 2.99. The predicted octanol–water partition coefficient (Wildman–Crippen LogP) is 3.01. The molecule has 1 atom stereocenters. The molecule has 1 unspecified atom stereocenters. The molecule has 26 heavy (non-hydrogen) atoms. The number of sulfone groups is 1. The summed E-state index contributed by atoms with van der Waals surface area (Å²) in [6.45, 7) is 1.99. The van der Waals surface area contributed by atoms with Gasteiger partial charge in [-0.05, 0) is 30.2 Å². The van der Waals surface area contributed by atoms with Gasteiger partial charge in [0.05, 0.1) is 24.8 Å². The number of methoxy groups -OCH3 is 2. The predicted molar refractivity (Wildman–Crippen MR) is 98.8 cm³/mol. The van der Waals surface area contributed by atoms with Crippen LogP contribution in [0.25, 0.3) is 0 Å². The SMILES string of the molecule is CCc1ccc(S(=O)(=O)C2C=Nc3cc(OC)c(OC)cc3C2=O)cc1. The van der Waals surface area contributed by atoms with Gasteiger partial charge in [0, 0.05) is 17.8 Å². The molecule has 0 saturated carbocycles. The van der Waals surface area contributed by atoms with Crippen molar-refractivity contribution in [3.8, 4) is 11.5 Å². The molecular formula is C19H19NO5S. The van der Waals surface area contributed by atoms with Crippen LogP contribution < -0.4 is 9.47 Å². The molecule has 0 spiro atoms. The number of ether oxygens (including phenoxy) is 2. The lowest BCUT2D eigenvalue weighted by Crippen LogP contribution is -2.34. The first-order chi connectivity index (χ1) is 12.4. The zero-order valence-corrected chi connectivity index (χ0v) is 15.5. The van der Waals surface area contributed by atoms with Crippen LogP contribution in [0.4, 0.5) is 5.69 Å². The van der Waals surface area contributed by atoms with Crippen molar-refractivity contribution in [2.24, 2.45) is 4.99 Å². The molecule has 2 aromatic carbocycles. The van der Waals surface area contributed by atoms with E-state index in [2.05, 4.69) is 4.99 Å². The summed E-state index contributed by atoms with van der Waals surface area (Å²) >= 11 is 0. The first-order valence-corrected chi connectivity index (χ1v) is 9.64. The third-order valence-electron chi connectivity index (χ3n) is 4.37. The van der Waals surface area contributed by atoms with Crippen molar-refractivity contribution in [1.29, 1.82) is 0 Å². The zero-order chi connectivity index (χ0) is 18.9. The van der Waals surface area contributed by atoms with Gasteiger partial charge in [0.1, 0.15) is 0 Å². The molecule has 0 aliphatic carbocycles. The Labute approximate surface area is 152 Å². The molecule has 0 saturated heterocycles. The van der Waals surface area contributed by atoms with Crippen molar-refractivity contribution in [3.05, 3.63) is 47.5 Å². The monoisotopic (exact) mass is 373 g/mol. The molecular weight excluding hydrogens is 354 g/mol. The second-order valence-corrected chi connectivity index (χ2v) is 7.90. The van der Waals surface area contributed by atoms with E-state index in [0.717, 1.165) is 12.0 Å². The van der Waals surface area contributed by atoms with Crippen LogP contribution in [0.2, 0.25) is 0 Å². The smallest absolute Gasteiger partial charge is 0.193 e. The quantitative estimate of drug-likeness (QED) is 0.805. The topological polar surface area (TPSA) is 82.0 Å². The van der Waals surface area contributed by atoms with E-state index in [9.17, 15) is 13.2 Å². The Kier molecular flexibility index (Phi) is 4.82. The minimum absolute atomic E-state index is 0.100. The summed E-state index contributed by atoms with van der Waals surface area (Å²) in [6.07, 6.45) is 1.98. The Morgan fingerprint density at radius 3 is 2.23 bits per heavy atom. The highest BCUT2D eigenvalue weighted by molar-refractivity contribution is 7.93. The van der Waals surface area contributed by atoms with Crippen molar-refractivity contribution >= 4 is 27.5 Å². The summed E-state index contributed by atoms with van der Waals surface area (Å²) in [7, 11) is -0.958. The van der Waals surface area contributed by atoms with Crippen LogP contribution >= 0.6 is 0 Å². The highest BCUT2D eigenvalue weighted by atomic mass is 32.2. The molecule has 2 aromatic rings. The van der Waals surface area contributed by atoms with E-state index < -0.39 is 20.9 Å². The normalized spacial score (nSPS) is 16.3. The van der Waals surface area contributed by atoms with Crippen LogP contribution in [0.3, 0.4) is 0 Å². The number of carbonyl (C=O) groups is 1. The number of benzene rings is 2. The molecule has 7 heteroatoms. The number of carbonyl (C=O) groups excluding carboxylic acids is 1.